The molecule has 0 radical (unpaired) electrons. The molecule has 7 nitrogen and oxygen atoms in total. The molecule has 1 amide bonds. The van der Waals surface area contributed by atoms with E-state index >= 15 is 0 Å². The summed E-state index contributed by atoms with van der Waals surface area (Å²) in [4.78, 5) is 26.4. The Morgan fingerprint density at radius 2 is 2.00 bits per heavy atom. The van der Waals surface area contributed by atoms with Gasteiger partial charge < -0.3 is 4.90 Å². The van der Waals surface area contributed by atoms with Gasteiger partial charge in [-0.3, -0.25) is 4.79 Å². The van der Waals surface area contributed by atoms with E-state index in [1.165, 1.54) is 24.8 Å². The summed E-state index contributed by atoms with van der Waals surface area (Å²) < 4.78 is 41.3. The zero-order valence-corrected chi connectivity index (χ0v) is 15.0. The molecular formula is C18H17F3N6O. The third kappa shape index (κ3) is 3.19. The molecule has 1 aliphatic heterocycles. The maximum atomic E-state index is 13.5. The van der Waals surface area contributed by atoms with Crippen molar-refractivity contribution in [3.05, 3.63) is 53.5 Å². The summed E-state index contributed by atoms with van der Waals surface area (Å²) in [5.74, 6) is -0.265. The highest BCUT2D eigenvalue weighted by Gasteiger charge is 2.37. The van der Waals surface area contributed by atoms with Crippen LogP contribution in [-0.4, -0.2) is 41.9 Å². The molecule has 1 aliphatic rings. The van der Waals surface area contributed by atoms with Crippen LogP contribution < -0.4 is 0 Å². The van der Waals surface area contributed by atoms with E-state index in [0.29, 0.717) is 36.3 Å². The topological polar surface area (TPSA) is 76.3 Å². The van der Waals surface area contributed by atoms with E-state index in [1.807, 2.05) is 0 Å². The van der Waals surface area contributed by atoms with Gasteiger partial charge in [0.1, 0.15) is 12.0 Å². The molecule has 1 saturated heterocycles. The molecule has 1 unspecified atom stereocenters. The molecule has 0 N–H and O–H groups in total. The molecule has 4 heterocycles. The quantitative estimate of drug-likeness (QED) is 0.687. The minimum Gasteiger partial charge on any atom is -0.330 e. The molecule has 4 rings (SSSR count). The van der Waals surface area contributed by atoms with Gasteiger partial charge in [0.15, 0.2) is 5.65 Å². The van der Waals surface area contributed by atoms with Crippen molar-refractivity contribution in [2.45, 2.75) is 38.4 Å². The van der Waals surface area contributed by atoms with Crippen LogP contribution in [-0.2, 0) is 12.6 Å². The first-order valence-electron chi connectivity index (χ1n) is 8.91. The Morgan fingerprint density at radius 1 is 1.25 bits per heavy atom. The van der Waals surface area contributed by atoms with Gasteiger partial charge in [-0.15, -0.1) is 0 Å². The Kier molecular flexibility index (Phi) is 4.48. The number of halogens is 3. The summed E-state index contributed by atoms with van der Waals surface area (Å²) in [6.45, 7) is 2.24. The number of rotatable bonds is 3. The van der Waals surface area contributed by atoms with Crippen LogP contribution in [0.25, 0.3) is 5.65 Å². The molecule has 0 aromatic carbocycles. The minimum absolute atomic E-state index is 0.129. The number of nitrogens with zero attached hydrogens (tertiary/aromatic N) is 6. The largest absolute Gasteiger partial charge is 0.433 e. The standard InChI is InChI=1S/C18H17F3N6O/c1-2-12-6-15(18(19,20)21)27-16(24-12)7-13(25-27)14-4-3-5-26(14)17(28)11-8-22-10-23-9-11/h6-10,14H,2-5H2,1H3. The van der Waals surface area contributed by atoms with Crippen molar-refractivity contribution in [2.24, 2.45) is 0 Å². The maximum Gasteiger partial charge on any atom is 0.433 e. The molecule has 0 spiro atoms. The van der Waals surface area contributed by atoms with Crippen LogP contribution in [0.2, 0.25) is 0 Å². The zero-order chi connectivity index (χ0) is 19.9. The Labute approximate surface area is 158 Å². The molecule has 3 aromatic heterocycles. The van der Waals surface area contributed by atoms with E-state index in [1.54, 1.807) is 11.8 Å². The summed E-state index contributed by atoms with van der Waals surface area (Å²) in [7, 11) is 0. The minimum atomic E-state index is -4.55. The number of fused-ring (bicyclic) bond motifs is 1. The van der Waals surface area contributed by atoms with Crippen LogP contribution in [0.4, 0.5) is 13.2 Å². The van der Waals surface area contributed by atoms with Crippen LogP contribution in [0.5, 0.6) is 0 Å². The highest BCUT2D eigenvalue weighted by Crippen LogP contribution is 2.35. The Bertz CT molecular complexity index is 1020. The number of carbonyl (C=O) groups excluding carboxylic acids is 1. The number of aryl methyl sites for hydroxylation is 1. The average Bonchev–Trinajstić information content (AvgIpc) is 3.32. The second kappa shape index (κ2) is 6.84. The number of alkyl halides is 3. The van der Waals surface area contributed by atoms with E-state index in [2.05, 4.69) is 20.1 Å². The second-order valence-electron chi connectivity index (χ2n) is 6.61. The maximum absolute atomic E-state index is 13.5. The predicted molar refractivity (Wildman–Crippen MR) is 92.4 cm³/mol. The van der Waals surface area contributed by atoms with E-state index in [-0.39, 0.29) is 11.6 Å². The summed E-state index contributed by atoms with van der Waals surface area (Å²) in [6.07, 6.45) is 1.35. The van der Waals surface area contributed by atoms with Crippen molar-refractivity contribution in [3.63, 3.8) is 0 Å². The molecule has 1 atom stereocenters. The number of amides is 1. The number of carbonyl (C=O) groups is 1. The monoisotopic (exact) mass is 390 g/mol. The number of hydrogen-bond acceptors (Lipinski definition) is 5. The van der Waals surface area contributed by atoms with E-state index < -0.39 is 17.9 Å². The third-order valence-electron chi connectivity index (χ3n) is 4.81. The normalized spacial score (nSPS) is 17.4. The molecule has 0 saturated carbocycles. The highest BCUT2D eigenvalue weighted by atomic mass is 19.4. The molecule has 146 valence electrons. The lowest BCUT2D eigenvalue weighted by Crippen LogP contribution is -2.31. The number of aromatic nitrogens is 5. The van der Waals surface area contributed by atoms with Crippen molar-refractivity contribution in [1.82, 2.24) is 29.5 Å². The molecule has 3 aromatic rings. The van der Waals surface area contributed by atoms with Gasteiger partial charge in [-0.2, -0.15) is 18.3 Å². The van der Waals surface area contributed by atoms with Crippen molar-refractivity contribution in [3.8, 4) is 0 Å². The lowest BCUT2D eigenvalue weighted by molar-refractivity contribution is -0.142. The first kappa shape index (κ1) is 18.3. The fourth-order valence-electron chi connectivity index (χ4n) is 3.48. The molecule has 0 bridgehead atoms. The summed E-state index contributed by atoms with van der Waals surface area (Å²) in [5.41, 5.74) is 0.332. The van der Waals surface area contributed by atoms with Gasteiger partial charge in [-0.25, -0.2) is 19.5 Å². The van der Waals surface area contributed by atoms with Gasteiger partial charge in [0.2, 0.25) is 0 Å². The summed E-state index contributed by atoms with van der Waals surface area (Å²) in [5, 5.41) is 4.17. The summed E-state index contributed by atoms with van der Waals surface area (Å²) >= 11 is 0. The van der Waals surface area contributed by atoms with Crippen LogP contribution in [0.1, 0.15) is 53.2 Å². The summed E-state index contributed by atoms with van der Waals surface area (Å²) in [6, 6.07) is 2.13. The van der Waals surface area contributed by atoms with Crippen LogP contribution >= 0.6 is 0 Å². The smallest absolute Gasteiger partial charge is 0.330 e. The highest BCUT2D eigenvalue weighted by molar-refractivity contribution is 5.94. The second-order valence-corrected chi connectivity index (χ2v) is 6.61. The van der Waals surface area contributed by atoms with Gasteiger partial charge in [0, 0.05) is 30.7 Å². The lowest BCUT2D eigenvalue weighted by Gasteiger charge is -2.23. The third-order valence-corrected chi connectivity index (χ3v) is 4.81. The van der Waals surface area contributed by atoms with E-state index in [9.17, 15) is 18.0 Å². The van der Waals surface area contributed by atoms with Crippen molar-refractivity contribution < 1.29 is 18.0 Å². The average molecular weight is 390 g/mol. The van der Waals surface area contributed by atoms with Crippen LogP contribution in [0, 0.1) is 0 Å². The molecule has 1 fully saturated rings. The first-order chi connectivity index (χ1) is 13.4. The van der Waals surface area contributed by atoms with Crippen LogP contribution in [0.15, 0.2) is 30.9 Å². The van der Waals surface area contributed by atoms with Crippen LogP contribution in [0.3, 0.4) is 0 Å². The van der Waals surface area contributed by atoms with E-state index in [4.69, 9.17) is 0 Å². The Morgan fingerprint density at radius 3 is 2.68 bits per heavy atom. The predicted octanol–water partition coefficient (Wildman–Crippen LogP) is 3.08. The number of hydrogen-bond donors (Lipinski definition) is 0. The fraction of sp³-hybridized carbons (Fsp3) is 0.389. The van der Waals surface area contributed by atoms with Gasteiger partial charge in [-0.1, -0.05) is 6.92 Å². The Balaban J connectivity index is 1.75. The molecule has 10 heteroatoms. The Hall–Kier alpha value is -3.04. The van der Waals surface area contributed by atoms with Crippen molar-refractivity contribution in [2.75, 3.05) is 6.54 Å². The number of likely N-dealkylation sites (tertiary alicyclic amines) is 1. The molecule has 28 heavy (non-hydrogen) atoms. The fourth-order valence-corrected chi connectivity index (χ4v) is 3.48. The van der Waals surface area contributed by atoms with Crippen molar-refractivity contribution >= 4 is 11.6 Å². The van der Waals surface area contributed by atoms with Gasteiger partial charge >= 0.3 is 6.18 Å². The van der Waals surface area contributed by atoms with Gasteiger partial charge in [0.25, 0.3) is 5.91 Å². The van der Waals surface area contributed by atoms with Gasteiger partial charge in [-0.05, 0) is 25.3 Å². The van der Waals surface area contributed by atoms with E-state index in [0.717, 1.165) is 17.0 Å². The first-order valence-corrected chi connectivity index (χ1v) is 8.91. The zero-order valence-electron chi connectivity index (χ0n) is 15.0. The lowest BCUT2D eigenvalue weighted by atomic mass is 10.1. The van der Waals surface area contributed by atoms with Crippen molar-refractivity contribution in [1.29, 1.82) is 0 Å². The molecular weight excluding hydrogens is 373 g/mol. The molecule has 0 aliphatic carbocycles. The SMILES string of the molecule is CCc1cc(C(F)(F)F)n2nc(C3CCCN3C(=O)c3cncnc3)cc2n1. The van der Waals surface area contributed by atoms with Gasteiger partial charge in [0.05, 0.1) is 17.3 Å².